The summed E-state index contributed by atoms with van der Waals surface area (Å²) in [5, 5.41) is 3.41. The molecule has 0 rings (SSSR count). The van der Waals surface area contributed by atoms with Gasteiger partial charge in [0.1, 0.15) is 0 Å². The molecule has 98 valence electrons. The summed E-state index contributed by atoms with van der Waals surface area (Å²) in [6, 6.07) is 0.579. The van der Waals surface area contributed by atoms with Gasteiger partial charge in [-0.2, -0.15) is 0 Å². The van der Waals surface area contributed by atoms with Gasteiger partial charge in [-0.1, -0.05) is 27.7 Å². The predicted molar refractivity (Wildman–Crippen MR) is 70.9 cm³/mol. The Hall–Kier alpha value is -0.120. The van der Waals surface area contributed by atoms with Crippen LogP contribution >= 0.6 is 0 Å². The quantitative estimate of drug-likeness (QED) is 0.581. The van der Waals surface area contributed by atoms with Crippen molar-refractivity contribution >= 4 is 0 Å². The van der Waals surface area contributed by atoms with Gasteiger partial charge in [0.2, 0.25) is 0 Å². The molecule has 0 radical (unpaired) electrons. The minimum absolute atomic E-state index is 0.579. The number of ether oxygens (including phenoxy) is 1. The predicted octanol–water partition coefficient (Wildman–Crippen LogP) is 1.98. The third-order valence-electron chi connectivity index (χ3n) is 2.50. The van der Waals surface area contributed by atoms with E-state index >= 15 is 0 Å². The average molecular weight is 230 g/mol. The van der Waals surface area contributed by atoms with Gasteiger partial charge >= 0.3 is 0 Å². The smallest absolute Gasteiger partial charge is 0.0593 e. The molecule has 0 spiro atoms. The Labute approximate surface area is 102 Å². The Morgan fingerprint density at radius 2 is 1.75 bits per heavy atom. The second-order valence-corrected chi connectivity index (χ2v) is 5.21. The van der Waals surface area contributed by atoms with Gasteiger partial charge in [0.05, 0.1) is 6.61 Å². The summed E-state index contributed by atoms with van der Waals surface area (Å²) >= 11 is 0. The van der Waals surface area contributed by atoms with Crippen molar-refractivity contribution in [3.63, 3.8) is 0 Å². The van der Waals surface area contributed by atoms with Gasteiger partial charge in [0.15, 0.2) is 0 Å². The van der Waals surface area contributed by atoms with Crippen LogP contribution < -0.4 is 5.32 Å². The molecule has 0 unspecified atom stereocenters. The van der Waals surface area contributed by atoms with Crippen molar-refractivity contribution in [1.29, 1.82) is 0 Å². The lowest BCUT2D eigenvalue weighted by molar-refractivity contribution is 0.103. The van der Waals surface area contributed by atoms with Gasteiger partial charge in [0.25, 0.3) is 0 Å². The fourth-order valence-corrected chi connectivity index (χ4v) is 1.30. The molecule has 0 aromatic carbocycles. The Bertz CT molecular complexity index is 149. The maximum Gasteiger partial charge on any atom is 0.0593 e. The molecule has 0 atom stereocenters. The van der Waals surface area contributed by atoms with Gasteiger partial charge in [-0.25, -0.2) is 0 Å². The second-order valence-electron chi connectivity index (χ2n) is 5.21. The minimum Gasteiger partial charge on any atom is -0.380 e. The monoisotopic (exact) mass is 230 g/mol. The normalized spacial score (nSPS) is 12.0. The average Bonchev–Trinajstić information content (AvgIpc) is 2.16. The Morgan fingerprint density at radius 1 is 1.06 bits per heavy atom. The van der Waals surface area contributed by atoms with Crippen LogP contribution in [-0.2, 0) is 4.74 Å². The zero-order chi connectivity index (χ0) is 12.4. The van der Waals surface area contributed by atoms with E-state index in [2.05, 4.69) is 45.0 Å². The lowest BCUT2D eigenvalue weighted by atomic mass is 10.1. The molecular formula is C13H30N2O. The highest BCUT2D eigenvalue weighted by Gasteiger charge is 1.99. The fraction of sp³-hybridized carbons (Fsp3) is 1.00. The maximum atomic E-state index is 5.58. The van der Waals surface area contributed by atoms with E-state index in [1.54, 1.807) is 0 Å². The van der Waals surface area contributed by atoms with Crippen LogP contribution in [0, 0.1) is 5.92 Å². The summed E-state index contributed by atoms with van der Waals surface area (Å²) in [5.74, 6) is 0.743. The Kier molecular flexibility index (Phi) is 9.99. The minimum atomic E-state index is 0.579. The van der Waals surface area contributed by atoms with E-state index in [-0.39, 0.29) is 0 Å². The van der Waals surface area contributed by atoms with Gasteiger partial charge in [0, 0.05) is 32.3 Å². The summed E-state index contributed by atoms with van der Waals surface area (Å²) in [5.41, 5.74) is 0. The van der Waals surface area contributed by atoms with Crippen LogP contribution in [0.15, 0.2) is 0 Å². The lowest BCUT2D eigenvalue weighted by Crippen LogP contribution is -2.34. The topological polar surface area (TPSA) is 24.5 Å². The number of nitrogens with one attached hydrogen (secondary N) is 1. The van der Waals surface area contributed by atoms with Crippen LogP contribution in [-0.4, -0.2) is 50.8 Å². The molecule has 0 bridgehead atoms. The number of rotatable bonds is 10. The molecule has 0 aromatic rings. The van der Waals surface area contributed by atoms with Crippen molar-refractivity contribution in [2.45, 2.75) is 40.2 Å². The first-order chi connectivity index (χ1) is 7.52. The van der Waals surface area contributed by atoms with E-state index in [0.717, 1.165) is 38.8 Å². The number of nitrogens with zero attached hydrogens (tertiary/aromatic N) is 1. The third-order valence-corrected chi connectivity index (χ3v) is 2.50. The summed E-state index contributed by atoms with van der Waals surface area (Å²) in [6.07, 6.45) is 1.17. The highest BCUT2D eigenvalue weighted by atomic mass is 16.5. The second kappa shape index (κ2) is 10.1. The van der Waals surface area contributed by atoms with Crippen LogP contribution in [0.5, 0.6) is 0 Å². The van der Waals surface area contributed by atoms with Crippen molar-refractivity contribution in [3.8, 4) is 0 Å². The first-order valence-electron chi connectivity index (χ1n) is 6.52. The van der Waals surface area contributed by atoms with Crippen molar-refractivity contribution in [1.82, 2.24) is 10.2 Å². The molecule has 0 saturated heterocycles. The van der Waals surface area contributed by atoms with Crippen LogP contribution in [0.4, 0.5) is 0 Å². The number of hydrogen-bond acceptors (Lipinski definition) is 3. The Morgan fingerprint density at radius 3 is 2.31 bits per heavy atom. The zero-order valence-corrected chi connectivity index (χ0v) is 11.8. The molecule has 0 aliphatic rings. The molecule has 1 N–H and O–H groups in total. The van der Waals surface area contributed by atoms with Gasteiger partial charge in [-0.15, -0.1) is 0 Å². The number of likely N-dealkylation sites (N-methyl/N-ethyl adjacent to an activating group) is 1. The van der Waals surface area contributed by atoms with Crippen LogP contribution in [0.25, 0.3) is 0 Å². The first kappa shape index (κ1) is 15.9. The molecular weight excluding hydrogens is 200 g/mol. The van der Waals surface area contributed by atoms with E-state index in [4.69, 9.17) is 4.74 Å². The third kappa shape index (κ3) is 12.0. The van der Waals surface area contributed by atoms with Gasteiger partial charge in [-0.05, 0) is 19.4 Å². The summed E-state index contributed by atoms with van der Waals surface area (Å²) in [7, 11) is 2.15. The largest absolute Gasteiger partial charge is 0.380 e. The molecule has 0 aliphatic heterocycles. The molecule has 0 fully saturated rings. The lowest BCUT2D eigenvalue weighted by Gasteiger charge is -2.18. The van der Waals surface area contributed by atoms with Crippen LogP contribution in [0.3, 0.4) is 0 Å². The molecule has 0 aromatic heterocycles. The maximum absolute atomic E-state index is 5.58. The van der Waals surface area contributed by atoms with E-state index < -0.39 is 0 Å². The van der Waals surface area contributed by atoms with Crippen LogP contribution in [0.2, 0.25) is 0 Å². The van der Waals surface area contributed by atoms with E-state index in [0.29, 0.717) is 6.04 Å². The van der Waals surface area contributed by atoms with Gasteiger partial charge in [-0.3, -0.25) is 0 Å². The molecule has 3 heteroatoms. The number of hydrogen-bond donors (Lipinski definition) is 1. The van der Waals surface area contributed by atoms with E-state index in [1.807, 2.05) is 0 Å². The molecule has 0 saturated carbocycles. The molecule has 0 amide bonds. The Balaban J connectivity index is 3.20. The van der Waals surface area contributed by atoms with Crippen LogP contribution in [0.1, 0.15) is 34.1 Å². The molecule has 16 heavy (non-hydrogen) atoms. The van der Waals surface area contributed by atoms with E-state index in [1.165, 1.54) is 6.42 Å². The summed E-state index contributed by atoms with van der Waals surface area (Å²) in [4.78, 5) is 2.31. The molecule has 0 heterocycles. The SMILES string of the molecule is CC(C)CCOCCN(C)CCNC(C)C. The van der Waals surface area contributed by atoms with Crippen molar-refractivity contribution in [2.24, 2.45) is 5.92 Å². The highest BCUT2D eigenvalue weighted by molar-refractivity contribution is 4.57. The van der Waals surface area contributed by atoms with Gasteiger partial charge < -0.3 is 15.0 Å². The summed E-state index contributed by atoms with van der Waals surface area (Å²) in [6.45, 7) is 13.7. The van der Waals surface area contributed by atoms with Crippen molar-refractivity contribution in [2.75, 3.05) is 39.9 Å². The fourth-order valence-electron chi connectivity index (χ4n) is 1.30. The summed E-state index contributed by atoms with van der Waals surface area (Å²) < 4.78 is 5.58. The van der Waals surface area contributed by atoms with Crippen molar-refractivity contribution < 1.29 is 4.74 Å². The standard InChI is InChI=1S/C13H30N2O/c1-12(2)6-10-16-11-9-15(5)8-7-14-13(3)4/h12-14H,6-11H2,1-5H3. The van der Waals surface area contributed by atoms with E-state index in [9.17, 15) is 0 Å². The molecule has 0 aliphatic carbocycles. The zero-order valence-electron chi connectivity index (χ0n) is 11.8. The highest BCUT2D eigenvalue weighted by Crippen LogP contribution is 1.98. The first-order valence-corrected chi connectivity index (χ1v) is 6.52. The van der Waals surface area contributed by atoms with Crippen molar-refractivity contribution in [3.05, 3.63) is 0 Å². The molecule has 3 nitrogen and oxygen atoms in total.